The molecule has 304 valence electrons. The summed E-state index contributed by atoms with van der Waals surface area (Å²) in [5.41, 5.74) is -0.422. The molecule has 52 heavy (non-hydrogen) atoms. The van der Waals surface area contributed by atoms with Crippen LogP contribution in [0.2, 0.25) is 18.1 Å². The van der Waals surface area contributed by atoms with Crippen LogP contribution in [0.1, 0.15) is 138 Å². The summed E-state index contributed by atoms with van der Waals surface area (Å²) in [4.78, 5) is 48.0. The Morgan fingerprint density at radius 1 is 0.712 bits per heavy atom. The SMILES string of the molecule is CC(=O)N[C@H]1[C@H](OCCCCC(=O)NCCCNC(=O)CCCCCCCCCCC(=O)OC(C)(C)C)O[C@H](CO[Si](C)(C)C(C)(C)C)[C@H](O)[C@@H]1O. The number of ether oxygens (including phenoxy) is 3. The highest BCUT2D eigenvalue weighted by Crippen LogP contribution is 2.37. The van der Waals surface area contributed by atoms with Crippen LogP contribution in [0.4, 0.5) is 0 Å². The molecule has 1 rings (SSSR count). The number of aliphatic hydroxyl groups is 2. The lowest BCUT2D eigenvalue weighted by molar-refractivity contribution is -0.269. The first-order chi connectivity index (χ1) is 24.2. The molecule has 5 N–H and O–H groups in total. The minimum absolute atomic E-state index is 0.0348. The van der Waals surface area contributed by atoms with Gasteiger partial charge in [-0.3, -0.25) is 19.2 Å². The van der Waals surface area contributed by atoms with Crippen molar-refractivity contribution in [2.24, 2.45) is 0 Å². The Morgan fingerprint density at radius 3 is 1.71 bits per heavy atom. The van der Waals surface area contributed by atoms with E-state index in [9.17, 15) is 29.4 Å². The van der Waals surface area contributed by atoms with Gasteiger partial charge in [0.05, 0.1) is 6.61 Å². The minimum atomic E-state index is -2.14. The number of hydrogen-bond donors (Lipinski definition) is 5. The first-order valence-electron chi connectivity index (χ1n) is 19.5. The number of nitrogens with one attached hydrogen (secondary N) is 3. The second kappa shape index (κ2) is 24.3. The lowest BCUT2D eigenvalue weighted by Gasteiger charge is -2.44. The molecule has 1 heterocycles. The molecule has 5 atom stereocenters. The standard InChI is InChI=1S/C38H73N3O10Si/c1-28(42)41-33-35(47)34(46)29(27-49-52(8,9)38(5,6)7)50-36(33)48-26-19-18-22-31(44)40-25-20-24-39-30(43)21-16-14-12-10-11-13-15-17-23-32(45)51-37(2,3)4/h29,33-36,46-47H,10-27H2,1-9H3,(H,39,43)(H,40,44)(H,41,42)/t29-,33-,34+,35-,36-/m1/s1. The number of unbranched alkanes of at least 4 members (excludes halogenated alkanes) is 8. The van der Waals surface area contributed by atoms with Crippen LogP contribution in [-0.2, 0) is 37.8 Å². The molecule has 0 aromatic heterocycles. The average Bonchev–Trinajstić information content (AvgIpc) is 3.02. The highest BCUT2D eigenvalue weighted by atomic mass is 28.4. The normalized spacial score (nSPS) is 21.0. The van der Waals surface area contributed by atoms with Crippen molar-refractivity contribution in [2.75, 3.05) is 26.3 Å². The fourth-order valence-electron chi connectivity index (χ4n) is 5.42. The van der Waals surface area contributed by atoms with Crippen LogP contribution in [-0.4, -0.2) is 105 Å². The third-order valence-electron chi connectivity index (χ3n) is 9.52. The molecule has 0 aromatic carbocycles. The molecule has 3 amide bonds. The molecule has 0 aliphatic carbocycles. The van der Waals surface area contributed by atoms with Gasteiger partial charge in [0, 0.05) is 45.9 Å². The lowest BCUT2D eigenvalue weighted by atomic mass is 9.97. The zero-order valence-electron chi connectivity index (χ0n) is 33.8. The lowest BCUT2D eigenvalue weighted by Crippen LogP contribution is -2.65. The van der Waals surface area contributed by atoms with Gasteiger partial charge in [-0.05, 0) is 71.0 Å². The summed E-state index contributed by atoms with van der Waals surface area (Å²) in [6.45, 7) is 18.8. The summed E-state index contributed by atoms with van der Waals surface area (Å²) in [6.07, 6.45) is 6.95. The van der Waals surface area contributed by atoms with Gasteiger partial charge in [-0.1, -0.05) is 59.3 Å². The average molecular weight is 760 g/mol. The maximum atomic E-state index is 12.3. The summed E-state index contributed by atoms with van der Waals surface area (Å²) in [5, 5.41) is 29.9. The van der Waals surface area contributed by atoms with Crippen molar-refractivity contribution in [3.8, 4) is 0 Å². The predicted octanol–water partition coefficient (Wildman–Crippen LogP) is 5.01. The van der Waals surface area contributed by atoms with Gasteiger partial charge >= 0.3 is 5.97 Å². The van der Waals surface area contributed by atoms with E-state index in [4.69, 9.17) is 18.6 Å². The Hall–Kier alpha value is -2.10. The van der Waals surface area contributed by atoms with Crippen LogP contribution in [0.5, 0.6) is 0 Å². The summed E-state index contributed by atoms with van der Waals surface area (Å²) in [6, 6.07) is -0.953. The molecule has 1 saturated heterocycles. The quantitative estimate of drug-likeness (QED) is 0.0482. The first kappa shape index (κ1) is 47.9. The van der Waals surface area contributed by atoms with E-state index in [0.29, 0.717) is 51.6 Å². The van der Waals surface area contributed by atoms with Gasteiger partial charge in [-0.2, -0.15) is 0 Å². The van der Waals surface area contributed by atoms with Gasteiger partial charge in [-0.25, -0.2) is 0 Å². The molecule has 1 aliphatic heterocycles. The van der Waals surface area contributed by atoms with Gasteiger partial charge in [0.2, 0.25) is 17.7 Å². The number of aliphatic hydroxyl groups excluding tert-OH is 2. The van der Waals surface area contributed by atoms with E-state index in [1.807, 2.05) is 20.8 Å². The molecule has 0 aromatic rings. The van der Waals surface area contributed by atoms with Crippen LogP contribution >= 0.6 is 0 Å². The summed E-state index contributed by atoms with van der Waals surface area (Å²) in [5.74, 6) is -0.557. The monoisotopic (exact) mass is 760 g/mol. The van der Waals surface area contributed by atoms with Gasteiger partial charge in [0.15, 0.2) is 14.6 Å². The fraction of sp³-hybridized carbons (Fsp3) is 0.895. The van der Waals surface area contributed by atoms with Crippen molar-refractivity contribution in [1.82, 2.24) is 16.0 Å². The fourth-order valence-corrected chi connectivity index (χ4v) is 6.44. The topological polar surface area (TPSA) is 182 Å². The highest BCUT2D eigenvalue weighted by molar-refractivity contribution is 6.74. The van der Waals surface area contributed by atoms with Crippen LogP contribution in [0.15, 0.2) is 0 Å². The molecule has 0 radical (unpaired) electrons. The van der Waals surface area contributed by atoms with Crippen LogP contribution in [0.25, 0.3) is 0 Å². The van der Waals surface area contributed by atoms with Gasteiger partial charge < -0.3 is 44.8 Å². The molecule has 0 unspecified atom stereocenters. The van der Waals surface area contributed by atoms with Gasteiger partial charge in [0.25, 0.3) is 0 Å². The molecular formula is C38H73N3O10Si. The van der Waals surface area contributed by atoms with E-state index < -0.39 is 44.6 Å². The van der Waals surface area contributed by atoms with Gasteiger partial charge in [0.1, 0.15) is 30.0 Å². The van der Waals surface area contributed by atoms with E-state index >= 15 is 0 Å². The Morgan fingerprint density at radius 2 is 1.21 bits per heavy atom. The van der Waals surface area contributed by atoms with Crippen molar-refractivity contribution < 1.29 is 48.0 Å². The summed E-state index contributed by atoms with van der Waals surface area (Å²) >= 11 is 0. The van der Waals surface area contributed by atoms with Crippen molar-refractivity contribution in [3.05, 3.63) is 0 Å². The smallest absolute Gasteiger partial charge is 0.306 e. The van der Waals surface area contributed by atoms with Crippen molar-refractivity contribution in [1.29, 1.82) is 0 Å². The Kier molecular flexibility index (Phi) is 22.4. The molecule has 14 heteroatoms. The maximum Gasteiger partial charge on any atom is 0.306 e. The third-order valence-corrected chi connectivity index (χ3v) is 14.0. The van der Waals surface area contributed by atoms with Crippen molar-refractivity contribution >= 4 is 32.0 Å². The zero-order valence-corrected chi connectivity index (χ0v) is 34.8. The van der Waals surface area contributed by atoms with E-state index in [0.717, 1.165) is 51.4 Å². The van der Waals surface area contributed by atoms with E-state index in [2.05, 4.69) is 49.8 Å². The number of hydrogen-bond acceptors (Lipinski definition) is 10. The number of rotatable bonds is 25. The van der Waals surface area contributed by atoms with E-state index in [1.54, 1.807) is 0 Å². The number of carbonyl (C=O) groups is 4. The maximum absolute atomic E-state index is 12.3. The van der Waals surface area contributed by atoms with Crippen molar-refractivity contribution in [3.63, 3.8) is 0 Å². The minimum Gasteiger partial charge on any atom is -0.460 e. The van der Waals surface area contributed by atoms with E-state index in [-0.39, 0.29) is 41.9 Å². The second-order valence-corrected chi connectivity index (χ2v) is 21.4. The molecule has 13 nitrogen and oxygen atoms in total. The number of carbonyl (C=O) groups excluding carboxylic acids is 4. The van der Waals surface area contributed by atoms with Gasteiger partial charge in [-0.15, -0.1) is 0 Å². The third kappa shape index (κ3) is 21.0. The molecule has 0 spiro atoms. The first-order valence-corrected chi connectivity index (χ1v) is 22.4. The number of amides is 3. The van der Waals surface area contributed by atoms with Crippen LogP contribution < -0.4 is 16.0 Å². The molecule has 1 aliphatic rings. The zero-order chi connectivity index (χ0) is 39.4. The second-order valence-electron chi connectivity index (χ2n) is 16.6. The number of esters is 1. The van der Waals surface area contributed by atoms with Crippen LogP contribution in [0.3, 0.4) is 0 Å². The Labute approximate surface area is 314 Å². The van der Waals surface area contributed by atoms with Crippen LogP contribution in [0, 0.1) is 0 Å². The molecule has 1 fully saturated rings. The summed E-state index contributed by atoms with van der Waals surface area (Å²) < 4.78 is 23.5. The Balaban J connectivity index is 2.17. The van der Waals surface area contributed by atoms with E-state index in [1.165, 1.54) is 6.92 Å². The highest BCUT2D eigenvalue weighted by Gasteiger charge is 2.47. The molecular weight excluding hydrogens is 687 g/mol. The molecule has 0 bridgehead atoms. The molecule has 0 saturated carbocycles. The predicted molar refractivity (Wildman–Crippen MR) is 204 cm³/mol. The summed E-state index contributed by atoms with van der Waals surface area (Å²) in [7, 11) is -2.14. The Bertz CT molecular complexity index is 1060. The largest absolute Gasteiger partial charge is 0.460 e. The van der Waals surface area contributed by atoms with Crippen molar-refractivity contribution in [2.45, 2.75) is 193 Å².